The van der Waals surface area contributed by atoms with E-state index < -0.39 is 0 Å². The number of halogens is 1. The average molecular weight is 298 g/mol. The van der Waals surface area contributed by atoms with Crippen molar-refractivity contribution >= 4 is 11.9 Å². The van der Waals surface area contributed by atoms with Gasteiger partial charge in [0.2, 0.25) is 5.91 Å². The van der Waals surface area contributed by atoms with Crippen LogP contribution in [0.15, 0.2) is 53.2 Å². The van der Waals surface area contributed by atoms with Crippen molar-refractivity contribution in [3.05, 3.63) is 60.2 Å². The molecule has 1 N–H and O–H groups in total. The second-order valence-corrected chi connectivity index (χ2v) is 4.51. The molecule has 0 radical (unpaired) electrons. The predicted molar refractivity (Wildman–Crippen MR) is 76.3 cm³/mol. The zero-order chi connectivity index (χ0) is 15.4. The van der Waals surface area contributed by atoms with Crippen molar-refractivity contribution in [3.63, 3.8) is 0 Å². The molecule has 1 amide bonds. The molecule has 0 aliphatic heterocycles. The number of carbonyl (C=O) groups is 1. The molecule has 7 heteroatoms. The Morgan fingerprint density at radius 1 is 1.18 bits per heavy atom. The van der Waals surface area contributed by atoms with E-state index in [9.17, 15) is 9.18 Å². The van der Waals surface area contributed by atoms with Crippen molar-refractivity contribution in [2.24, 2.45) is 0 Å². The van der Waals surface area contributed by atoms with Gasteiger partial charge in [0.15, 0.2) is 0 Å². The number of rotatable bonds is 4. The molecule has 22 heavy (non-hydrogen) atoms. The van der Waals surface area contributed by atoms with E-state index in [4.69, 9.17) is 4.42 Å². The SMILES string of the molecule is O=C(Cc1ccc(F)cc1)Nc1nnc(-c2cccnc2)o1. The fourth-order valence-corrected chi connectivity index (χ4v) is 1.83. The molecular weight excluding hydrogens is 287 g/mol. The summed E-state index contributed by atoms with van der Waals surface area (Å²) in [4.78, 5) is 15.8. The Kier molecular flexibility index (Phi) is 3.86. The molecule has 0 aliphatic carbocycles. The van der Waals surface area contributed by atoms with E-state index in [1.807, 2.05) is 0 Å². The van der Waals surface area contributed by atoms with Crippen LogP contribution in [0, 0.1) is 5.82 Å². The van der Waals surface area contributed by atoms with Gasteiger partial charge in [-0.1, -0.05) is 17.2 Å². The number of aromatic nitrogens is 3. The third-order valence-corrected chi connectivity index (χ3v) is 2.86. The van der Waals surface area contributed by atoms with Crippen molar-refractivity contribution in [2.75, 3.05) is 5.32 Å². The van der Waals surface area contributed by atoms with Crippen LogP contribution in [0.2, 0.25) is 0 Å². The Balaban J connectivity index is 1.65. The van der Waals surface area contributed by atoms with Gasteiger partial charge in [-0.15, -0.1) is 5.10 Å². The Bertz CT molecular complexity index is 772. The average Bonchev–Trinajstić information content (AvgIpc) is 2.99. The topological polar surface area (TPSA) is 80.9 Å². The van der Waals surface area contributed by atoms with Gasteiger partial charge in [-0.25, -0.2) is 4.39 Å². The fourth-order valence-electron chi connectivity index (χ4n) is 1.83. The number of nitrogens with one attached hydrogen (secondary N) is 1. The molecule has 0 saturated heterocycles. The van der Waals surface area contributed by atoms with Gasteiger partial charge in [0, 0.05) is 12.4 Å². The molecule has 0 spiro atoms. The van der Waals surface area contributed by atoms with Crippen molar-refractivity contribution in [3.8, 4) is 11.5 Å². The molecular formula is C15H11FN4O2. The second kappa shape index (κ2) is 6.13. The lowest BCUT2D eigenvalue weighted by Crippen LogP contribution is -2.14. The molecule has 0 aliphatic rings. The zero-order valence-electron chi connectivity index (χ0n) is 11.4. The van der Waals surface area contributed by atoms with Crippen LogP contribution in [-0.4, -0.2) is 21.1 Å². The molecule has 110 valence electrons. The number of nitrogens with zero attached hydrogens (tertiary/aromatic N) is 3. The summed E-state index contributed by atoms with van der Waals surface area (Å²) < 4.78 is 18.1. The summed E-state index contributed by atoms with van der Waals surface area (Å²) in [6.07, 6.45) is 3.30. The first-order valence-electron chi connectivity index (χ1n) is 6.49. The normalized spacial score (nSPS) is 10.4. The van der Waals surface area contributed by atoms with Gasteiger partial charge in [-0.3, -0.25) is 15.1 Å². The highest BCUT2D eigenvalue weighted by Crippen LogP contribution is 2.18. The van der Waals surface area contributed by atoms with Crippen LogP contribution < -0.4 is 5.32 Å². The highest BCUT2D eigenvalue weighted by Gasteiger charge is 2.11. The van der Waals surface area contributed by atoms with Crippen LogP contribution in [-0.2, 0) is 11.2 Å². The molecule has 0 saturated carbocycles. The first-order valence-corrected chi connectivity index (χ1v) is 6.49. The number of hydrogen-bond donors (Lipinski definition) is 1. The van der Waals surface area contributed by atoms with Crippen LogP contribution in [0.4, 0.5) is 10.4 Å². The molecule has 3 rings (SSSR count). The monoisotopic (exact) mass is 298 g/mol. The summed E-state index contributed by atoms with van der Waals surface area (Å²) in [5, 5.41) is 10.1. The number of pyridine rings is 1. The quantitative estimate of drug-likeness (QED) is 0.800. The summed E-state index contributed by atoms with van der Waals surface area (Å²) in [6.45, 7) is 0. The first kappa shape index (κ1) is 13.9. The van der Waals surface area contributed by atoms with Gasteiger partial charge < -0.3 is 4.42 Å². The molecule has 0 unspecified atom stereocenters. The number of anilines is 1. The van der Waals surface area contributed by atoms with E-state index in [2.05, 4.69) is 20.5 Å². The first-order chi connectivity index (χ1) is 10.7. The molecule has 1 aromatic carbocycles. The van der Waals surface area contributed by atoms with Gasteiger partial charge in [0.1, 0.15) is 5.82 Å². The minimum atomic E-state index is -0.345. The molecule has 0 bridgehead atoms. The largest absolute Gasteiger partial charge is 0.403 e. The lowest BCUT2D eigenvalue weighted by Gasteiger charge is -2.00. The Morgan fingerprint density at radius 2 is 2.00 bits per heavy atom. The van der Waals surface area contributed by atoms with Crippen LogP contribution in [0.5, 0.6) is 0 Å². The number of amides is 1. The van der Waals surface area contributed by atoms with Gasteiger partial charge in [-0.2, -0.15) is 0 Å². The number of hydrogen-bond acceptors (Lipinski definition) is 5. The summed E-state index contributed by atoms with van der Waals surface area (Å²) in [7, 11) is 0. The lowest BCUT2D eigenvalue weighted by atomic mass is 10.1. The van der Waals surface area contributed by atoms with Gasteiger partial charge in [0.25, 0.3) is 5.89 Å². The third kappa shape index (κ3) is 3.32. The molecule has 3 aromatic rings. The van der Waals surface area contributed by atoms with Gasteiger partial charge in [0.05, 0.1) is 12.0 Å². The van der Waals surface area contributed by atoms with Crippen LogP contribution >= 0.6 is 0 Å². The van der Waals surface area contributed by atoms with E-state index in [1.54, 1.807) is 36.7 Å². The second-order valence-electron chi connectivity index (χ2n) is 4.51. The Morgan fingerprint density at radius 3 is 2.73 bits per heavy atom. The lowest BCUT2D eigenvalue weighted by molar-refractivity contribution is -0.115. The van der Waals surface area contributed by atoms with Crippen LogP contribution in [0.3, 0.4) is 0 Å². The minimum Gasteiger partial charge on any atom is -0.403 e. The number of carbonyl (C=O) groups excluding carboxylic acids is 1. The fraction of sp³-hybridized carbons (Fsp3) is 0.0667. The molecule has 0 fully saturated rings. The summed E-state index contributed by atoms with van der Waals surface area (Å²) in [5.74, 6) is -0.402. The van der Waals surface area contributed by atoms with Crippen molar-refractivity contribution in [2.45, 2.75) is 6.42 Å². The summed E-state index contributed by atoms with van der Waals surface area (Å²) >= 11 is 0. The molecule has 0 atom stereocenters. The predicted octanol–water partition coefficient (Wildman–Crippen LogP) is 2.45. The maximum atomic E-state index is 12.8. The van der Waals surface area contributed by atoms with Crippen molar-refractivity contribution in [1.82, 2.24) is 15.2 Å². The smallest absolute Gasteiger partial charge is 0.322 e. The van der Waals surface area contributed by atoms with Crippen LogP contribution in [0.1, 0.15) is 5.56 Å². The van der Waals surface area contributed by atoms with Crippen LogP contribution in [0.25, 0.3) is 11.5 Å². The molecule has 2 heterocycles. The zero-order valence-corrected chi connectivity index (χ0v) is 11.4. The molecule has 2 aromatic heterocycles. The Hall–Kier alpha value is -3.09. The van der Waals surface area contributed by atoms with E-state index in [1.165, 1.54) is 12.1 Å². The maximum absolute atomic E-state index is 12.8. The standard InChI is InChI=1S/C15H11FN4O2/c16-12-5-3-10(4-6-12)8-13(21)18-15-20-19-14(22-15)11-2-1-7-17-9-11/h1-7,9H,8H2,(H,18,20,21). The maximum Gasteiger partial charge on any atom is 0.322 e. The Labute approximate surface area is 125 Å². The van der Waals surface area contributed by atoms with Crippen molar-refractivity contribution in [1.29, 1.82) is 0 Å². The van der Waals surface area contributed by atoms with E-state index in [-0.39, 0.29) is 30.1 Å². The summed E-state index contributed by atoms with van der Waals surface area (Å²) in [5.41, 5.74) is 1.35. The van der Waals surface area contributed by atoms with Crippen molar-refractivity contribution < 1.29 is 13.6 Å². The number of benzene rings is 1. The molecule has 6 nitrogen and oxygen atoms in total. The minimum absolute atomic E-state index is 0.00552. The highest BCUT2D eigenvalue weighted by atomic mass is 19.1. The van der Waals surface area contributed by atoms with Gasteiger partial charge in [-0.05, 0) is 29.8 Å². The highest BCUT2D eigenvalue weighted by molar-refractivity contribution is 5.90. The third-order valence-electron chi connectivity index (χ3n) is 2.86. The van der Waals surface area contributed by atoms with E-state index in [0.717, 1.165) is 0 Å². The summed E-state index contributed by atoms with van der Waals surface area (Å²) in [6, 6.07) is 9.21. The van der Waals surface area contributed by atoms with E-state index in [0.29, 0.717) is 11.1 Å². The van der Waals surface area contributed by atoms with E-state index >= 15 is 0 Å². The van der Waals surface area contributed by atoms with Gasteiger partial charge >= 0.3 is 6.01 Å².